The quantitative estimate of drug-likeness (QED) is 0.0321. The van der Waals surface area contributed by atoms with Crippen molar-refractivity contribution in [3.05, 3.63) is 60.8 Å². The maximum absolute atomic E-state index is 13.2. The fourth-order valence-corrected chi connectivity index (χ4v) is 8.19. The van der Waals surface area contributed by atoms with E-state index in [-0.39, 0.29) is 24.9 Å². The maximum atomic E-state index is 13.2. The van der Waals surface area contributed by atoms with Gasteiger partial charge < -0.3 is 20.3 Å². The summed E-state index contributed by atoms with van der Waals surface area (Å²) in [4.78, 5) is 26.2. The molecule has 0 bridgehead atoms. The average Bonchev–Trinajstić information content (AvgIpc) is 3.29. The number of amides is 1. The van der Waals surface area contributed by atoms with E-state index < -0.39 is 18.2 Å². The Bertz CT molecular complexity index is 1140. The molecule has 0 spiro atoms. The molecule has 0 aromatic heterocycles. The van der Waals surface area contributed by atoms with Crippen LogP contribution in [-0.4, -0.2) is 46.9 Å². The number of carbonyl (C=O) groups is 2. The third kappa shape index (κ3) is 46.1. The van der Waals surface area contributed by atoms with Crippen molar-refractivity contribution in [3.8, 4) is 0 Å². The second kappa shape index (κ2) is 51.5. The summed E-state index contributed by atoms with van der Waals surface area (Å²) in [5.74, 6) is -0.521. The lowest BCUT2D eigenvalue weighted by atomic mass is 10.0. The fraction of sp³-hybridized carbons (Fsp3) is 0.793. The van der Waals surface area contributed by atoms with Crippen LogP contribution in [0.5, 0.6) is 0 Å². The monoisotopic (exact) mass is 896 g/mol. The molecular formula is C58H105NO5. The predicted octanol–water partition coefficient (Wildman–Crippen LogP) is 16.8. The molecular weight excluding hydrogens is 791 g/mol. The van der Waals surface area contributed by atoms with Crippen LogP contribution in [0.2, 0.25) is 0 Å². The van der Waals surface area contributed by atoms with Crippen LogP contribution in [0, 0.1) is 0 Å². The molecule has 0 heterocycles. The Balaban J connectivity index is 4.66. The lowest BCUT2D eigenvalue weighted by molar-refractivity contribution is -0.151. The summed E-state index contributed by atoms with van der Waals surface area (Å²) in [5.41, 5.74) is 0. The van der Waals surface area contributed by atoms with Crippen LogP contribution < -0.4 is 5.32 Å². The Kier molecular flexibility index (Phi) is 49.6. The Morgan fingerprint density at radius 1 is 0.453 bits per heavy atom. The zero-order valence-electron chi connectivity index (χ0n) is 42.4. The van der Waals surface area contributed by atoms with Crippen molar-refractivity contribution in [3.63, 3.8) is 0 Å². The summed E-state index contributed by atoms with van der Waals surface area (Å²) in [7, 11) is 0. The lowest BCUT2D eigenvalue weighted by Gasteiger charge is -2.24. The normalized spacial score (nSPS) is 13.6. The van der Waals surface area contributed by atoms with Crippen molar-refractivity contribution in [2.45, 2.75) is 289 Å². The maximum Gasteiger partial charge on any atom is 0.306 e. The molecule has 6 nitrogen and oxygen atoms in total. The molecule has 0 fully saturated rings. The van der Waals surface area contributed by atoms with Gasteiger partial charge in [-0.2, -0.15) is 0 Å². The molecule has 1 amide bonds. The zero-order chi connectivity index (χ0) is 46.7. The Morgan fingerprint density at radius 3 is 1.22 bits per heavy atom. The van der Waals surface area contributed by atoms with Gasteiger partial charge in [-0.25, -0.2) is 0 Å². The van der Waals surface area contributed by atoms with Gasteiger partial charge in [-0.3, -0.25) is 9.59 Å². The van der Waals surface area contributed by atoms with E-state index >= 15 is 0 Å². The molecule has 0 aliphatic carbocycles. The highest BCUT2D eigenvalue weighted by Crippen LogP contribution is 2.17. The van der Waals surface area contributed by atoms with Crippen molar-refractivity contribution in [2.24, 2.45) is 0 Å². The van der Waals surface area contributed by atoms with Gasteiger partial charge in [-0.05, 0) is 77.0 Å². The third-order valence-corrected chi connectivity index (χ3v) is 12.4. The molecule has 0 aliphatic heterocycles. The van der Waals surface area contributed by atoms with Crippen LogP contribution in [0.25, 0.3) is 0 Å². The Morgan fingerprint density at radius 2 is 0.797 bits per heavy atom. The number of hydrogen-bond donors (Lipinski definition) is 3. The molecule has 3 unspecified atom stereocenters. The second-order valence-electron chi connectivity index (χ2n) is 18.7. The number of allylic oxidation sites excluding steroid dienone is 10. The van der Waals surface area contributed by atoms with Gasteiger partial charge in [0.2, 0.25) is 5.91 Å². The molecule has 0 rings (SSSR count). The van der Waals surface area contributed by atoms with E-state index in [0.717, 1.165) is 89.9 Å². The number of aliphatic hydroxyl groups is 2. The van der Waals surface area contributed by atoms with E-state index in [1.54, 1.807) is 0 Å². The third-order valence-electron chi connectivity index (χ3n) is 12.4. The first-order chi connectivity index (χ1) is 31.5. The van der Waals surface area contributed by atoms with Crippen LogP contribution in [-0.2, 0) is 14.3 Å². The van der Waals surface area contributed by atoms with Crippen molar-refractivity contribution in [1.29, 1.82) is 0 Å². The predicted molar refractivity (Wildman–Crippen MR) is 278 cm³/mol. The number of aliphatic hydroxyl groups excluding tert-OH is 2. The number of unbranched alkanes of at least 4 members (excludes halogenated alkanes) is 30. The van der Waals surface area contributed by atoms with E-state index in [1.165, 1.54) is 135 Å². The highest BCUT2D eigenvalue weighted by molar-refractivity contribution is 5.77. The van der Waals surface area contributed by atoms with Crippen LogP contribution in [0.15, 0.2) is 60.8 Å². The minimum Gasteiger partial charge on any atom is -0.462 e. The van der Waals surface area contributed by atoms with E-state index in [2.05, 4.69) is 86.8 Å². The molecule has 6 heteroatoms. The summed E-state index contributed by atoms with van der Waals surface area (Å²) in [5, 5.41) is 23.8. The molecule has 0 radical (unpaired) electrons. The molecule has 372 valence electrons. The minimum absolute atomic E-state index is 0.0478. The lowest BCUT2D eigenvalue weighted by Crippen LogP contribution is -2.46. The highest BCUT2D eigenvalue weighted by Gasteiger charge is 2.24. The van der Waals surface area contributed by atoms with Crippen LogP contribution in [0.3, 0.4) is 0 Å². The first kappa shape index (κ1) is 61.6. The molecule has 3 atom stereocenters. The number of carbonyl (C=O) groups excluding carboxylic acids is 2. The minimum atomic E-state index is -0.801. The largest absolute Gasteiger partial charge is 0.462 e. The summed E-state index contributed by atoms with van der Waals surface area (Å²) in [6, 6.07) is -0.717. The highest BCUT2D eigenvalue weighted by atomic mass is 16.5. The van der Waals surface area contributed by atoms with Gasteiger partial charge in [0.25, 0.3) is 0 Å². The van der Waals surface area contributed by atoms with Gasteiger partial charge in [-0.15, -0.1) is 0 Å². The van der Waals surface area contributed by atoms with Crippen LogP contribution in [0.1, 0.15) is 271 Å². The van der Waals surface area contributed by atoms with Gasteiger partial charge in [0.15, 0.2) is 0 Å². The summed E-state index contributed by atoms with van der Waals surface area (Å²) < 4.78 is 5.93. The van der Waals surface area contributed by atoms with E-state index in [0.29, 0.717) is 19.3 Å². The second-order valence-corrected chi connectivity index (χ2v) is 18.7. The molecule has 0 aliphatic rings. The van der Waals surface area contributed by atoms with Gasteiger partial charge in [0.05, 0.1) is 25.2 Å². The number of ether oxygens (including phenoxy) is 1. The van der Waals surface area contributed by atoms with Crippen molar-refractivity contribution in [2.75, 3.05) is 6.61 Å². The molecule has 0 saturated heterocycles. The van der Waals surface area contributed by atoms with Crippen LogP contribution in [0.4, 0.5) is 0 Å². The summed E-state index contributed by atoms with van der Waals surface area (Å²) in [6.07, 6.45) is 64.2. The molecule has 0 aromatic carbocycles. The van der Waals surface area contributed by atoms with E-state index in [9.17, 15) is 19.8 Å². The standard InChI is InChI=1S/C58H105NO5/c1-4-7-10-13-16-19-22-24-26-28-29-31-33-36-39-42-45-48-51-58(63)64-54(49-46-43-40-37-35-32-30-27-25-23-20-17-14-11-8-5-2)52-57(62)59-55(53-60)56(61)50-47-44-41-38-34-21-18-15-12-9-6-3/h23,25-32,35,54-56,60-61H,4-22,24,33-34,36-53H2,1-3H3,(H,59,62)/b25-23+,28-26+,30-27+,31-29+,35-32+. The van der Waals surface area contributed by atoms with Gasteiger partial charge >= 0.3 is 5.97 Å². The number of rotatable bonds is 49. The molecule has 64 heavy (non-hydrogen) atoms. The number of hydrogen-bond acceptors (Lipinski definition) is 5. The first-order valence-corrected chi connectivity index (χ1v) is 27.6. The van der Waals surface area contributed by atoms with Crippen molar-refractivity contribution in [1.82, 2.24) is 5.32 Å². The SMILES string of the molecule is CCCCCCC/C=C/C=C/C=C/CCCCCC(CC(=O)NC(CO)C(O)CCCCCCCCCCCCC)OC(=O)CCCCCCC/C=C/C=C/CCCCCCCCC. The Hall–Kier alpha value is -2.44. The Labute approximate surface area is 397 Å². The molecule has 0 aromatic rings. The van der Waals surface area contributed by atoms with E-state index in [1.807, 2.05) is 0 Å². The van der Waals surface area contributed by atoms with Gasteiger partial charge in [0.1, 0.15) is 6.10 Å². The smallest absolute Gasteiger partial charge is 0.306 e. The summed E-state index contributed by atoms with van der Waals surface area (Å²) >= 11 is 0. The van der Waals surface area contributed by atoms with Crippen molar-refractivity contribution < 1.29 is 24.5 Å². The molecule has 3 N–H and O–H groups in total. The van der Waals surface area contributed by atoms with Gasteiger partial charge in [-0.1, -0.05) is 242 Å². The van der Waals surface area contributed by atoms with Gasteiger partial charge in [0, 0.05) is 6.42 Å². The topological polar surface area (TPSA) is 95.9 Å². The first-order valence-electron chi connectivity index (χ1n) is 27.6. The zero-order valence-corrected chi connectivity index (χ0v) is 42.4. The number of esters is 1. The van der Waals surface area contributed by atoms with Crippen molar-refractivity contribution >= 4 is 11.9 Å². The van der Waals surface area contributed by atoms with Crippen LogP contribution >= 0.6 is 0 Å². The molecule has 0 saturated carbocycles. The number of nitrogens with one attached hydrogen (secondary N) is 1. The summed E-state index contributed by atoms with van der Waals surface area (Å²) in [6.45, 7) is 6.45. The average molecular weight is 896 g/mol. The van der Waals surface area contributed by atoms with E-state index in [4.69, 9.17) is 4.74 Å². The fourth-order valence-electron chi connectivity index (χ4n) is 8.19.